The average Bonchev–Trinajstić information content (AvgIpc) is 2.96. The standard InChI is InChI=1S/C29H25F3N4O2S/c30-29(31,32)23-7-4-8-24(17-23)35-13-15-36(16-14-35)26-18-25(21-5-2-1-3-6-21)33-28(34-26)39-19-20-9-11-22(12-10-20)27(37)38/h1-12,17-18H,13-16,19H2,(H,37,38). The predicted octanol–water partition coefficient (Wildman–Crippen LogP) is 6.48. The highest BCUT2D eigenvalue weighted by atomic mass is 32.2. The van der Waals surface area contributed by atoms with Crippen molar-refractivity contribution >= 4 is 29.2 Å². The van der Waals surface area contributed by atoms with E-state index in [4.69, 9.17) is 15.1 Å². The van der Waals surface area contributed by atoms with Crippen molar-refractivity contribution in [3.8, 4) is 11.3 Å². The Morgan fingerprint density at radius 2 is 1.54 bits per heavy atom. The lowest BCUT2D eigenvalue weighted by atomic mass is 10.1. The van der Waals surface area contributed by atoms with Crippen LogP contribution >= 0.6 is 11.8 Å². The van der Waals surface area contributed by atoms with Crippen LogP contribution in [0.1, 0.15) is 21.5 Å². The van der Waals surface area contributed by atoms with Crippen molar-refractivity contribution in [3.05, 3.63) is 102 Å². The van der Waals surface area contributed by atoms with Gasteiger partial charge in [0.1, 0.15) is 5.82 Å². The average molecular weight is 551 g/mol. The Morgan fingerprint density at radius 3 is 2.21 bits per heavy atom. The summed E-state index contributed by atoms with van der Waals surface area (Å²) in [5, 5.41) is 9.72. The van der Waals surface area contributed by atoms with Gasteiger partial charge in [-0.15, -0.1) is 0 Å². The van der Waals surface area contributed by atoms with E-state index >= 15 is 0 Å². The molecule has 39 heavy (non-hydrogen) atoms. The summed E-state index contributed by atoms with van der Waals surface area (Å²) < 4.78 is 39.6. The molecule has 1 aliphatic rings. The zero-order valence-electron chi connectivity index (χ0n) is 20.8. The van der Waals surface area contributed by atoms with E-state index in [1.165, 1.54) is 23.9 Å². The van der Waals surface area contributed by atoms with Gasteiger partial charge in [0.15, 0.2) is 5.16 Å². The Balaban J connectivity index is 1.34. The van der Waals surface area contributed by atoms with Crippen LogP contribution in [-0.2, 0) is 11.9 Å². The fourth-order valence-electron chi connectivity index (χ4n) is 4.36. The van der Waals surface area contributed by atoms with Gasteiger partial charge in [0.25, 0.3) is 0 Å². The maximum absolute atomic E-state index is 13.2. The third-order valence-corrected chi connectivity index (χ3v) is 7.39. The summed E-state index contributed by atoms with van der Waals surface area (Å²) >= 11 is 1.46. The monoisotopic (exact) mass is 550 g/mol. The van der Waals surface area contributed by atoms with Gasteiger partial charge in [-0.05, 0) is 35.9 Å². The SMILES string of the molecule is O=C(O)c1ccc(CSc2nc(-c3ccccc3)cc(N3CCN(c4cccc(C(F)(F)F)c4)CC3)n2)cc1. The number of benzene rings is 3. The van der Waals surface area contributed by atoms with Crippen LogP contribution in [0.15, 0.2) is 90.1 Å². The molecule has 1 N–H and O–H groups in total. The second-order valence-electron chi connectivity index (χ2n) is 9.07. The van der Waals surface area contributed by atoms with E-state index in [1.807, 2.05) is 41.3 Å². The van der Waals surface area contributed by atoms with Crippen LogP contribution in [0, 0.1) is 0 Å². The molecule has 6 nitrogen and oxygen atoms in total. The molecule has 0 amide bonds. The predicted molar refractivity (Wildman–Crippen MR) is 146 cm³/mol. The molecule has 0 bridgehead atoms. The van der Waals surface area contributed by atoms with Gasteiger partial charge in [-0.3, -0.25) is 0 Å². The summed E-state index contributed by atoms with van der Waals surface area (Å²) in [6, 6.07) is 23.9. The van der Waals surface area contributed by atoms with Gasteiger partial charge in [0.2, 0.25) is 0 Å². The molecule has 0 spiro atoms. The van der Waals surface area contributed by atoms with Crippen molar-refractivity contribution in [2.75, 3.05) is 36.0 Å². The molecule has 200 valence electrons. The van der Waals surface area contributed by atoms with Crippen LogP contribution in [0.2, 0.25) is 0 Å². The number of alkyl halides is 3. The van der Waals surface area contributed by atoms with Crippen molar-refractivity contribution in [3.63, 3.8) is 0 Å². The molecule has 10 heteroatoms. The molecule has 1 saturated heterocycles. The van der Waals surface area contributed by atoms with E-state index in [2.05, 4.69) is 4.90 Å². The molecule has 4 aromatic rings. The van der Waals surface area contributed by atoms with Gasteiger partial charge in [-0.1, -0.05) is 60.3 Å². The number of nitrogens with zero attached hydrogens (tertiary/aromatic N) is 4. The topological polar surface area (TPSA) is 69.6 Å². The summed E-state index contributed by atoms with van der Waals surface area (Å²) in [7, 11) is 0. The van der Waals surface area contributed by atoms with Gasteiger partial charge >= 0.3 is 12.1 Å². The lowest BCUT2D eigenvalue weighted by molar-refractivity contribution is -0.137. The first-order valence-corrected chi connectivity index (χ1v) is 13.3. The summed E-state index contributed by atoms with van der Waals surface area (Å²) in [4.78, 5) is 24.8. The number of hydrogen-bond acceptors (Lipinski definition) is 6. The number of carboxylic acid groups (broad SMARTS) is 1. The van der Waals surface area contributed by atoms with Gasteiger partial charge in [-0.25, -0.2) is 14.8 Å². The summed E-state index contributed by atoms with van der Waals surface area (Å²) in [6.45, 7) is 2.32. The number of carbonyl (C=O) groups is 1. The Labute approximate surface area is 228 Å². The largest absolute Gasteiger partial charge is 0.478 e. The molecule has 0 radical (unpaired) electrons. The molecule has 0 unspecified atom stereocenters. The molecular formula is C29H25F3N4O2S. The van der Waals surface area contributed by atoms with E-state index in [-0.39, 0.29) is 5.56 Å². The number of hydrogen-bond donors (Lipinski definition) is 1. The first kappa shape index (κ1) is 26.6. The maximum Gasteiger partial charge on any atom is 0.416 e. The van der Waals surface area contributed by atoms with Gasteiger partial charge in [-0.2, -0.15) is 13.2 Å². The lowest BCUT2D eigenvalue weighted by Gasteiger charge is -2.37. The first-order valence-electron chi connectivity index (χ1n) is 12.3. The zero-order valence-corrected chi connectivity index (χ0v) is 21.6. The van der Waals surface area contributed by atoms with E-state index in [0.29, 0.717) is 42.8 Å². The lowest BCUT2D eigenvalue weighted by Crippen LogP contribution is -2.47. The van der Waals surface area contributed by atoms with Crippen molar-refractivity contribution in [2.45, 2.75) is 17.1 Å². The fraction of sp³-hybridized carbons (Fsp3) is 0.207. The van der Waals surface area contributed by atoms with Gasteiger partial charge < -0.3 is 14.9 Å². The first-order chi connectivity index (χ1) is 18.8. The minimum absolute atomic E-state index is 0.234. The molecule has 0 aliphatic carbocycles. The van der Waals surface area contributed by atoms with Crippen LogP contribution in [0.25, 0.3) is 11.3 Å². The number of anilines is 2. The highest BCUT2D eigenvalue weighted by Crippen LogP contribution is 2.33. The molecule has 1 aliphatic heterocycles. The molecule has 1 fully saturated rings. The van der Waals surface area contributed by atoms with Crippen LogP contribution < -0.4 is 9.80 Å². The quantitative estimate of drug-likeness (QED) is 0.209. The second kappa shape index (κ2) is 11.4. The smallest absolute Gasteiger partial charge is 0.416 e. The van der Waals surface area contributed by atoms with E-state index < -0.39 is 17.7 Å². The number of rotatable bonds is 7. The molecular weight excluding hydrogens is 525 g/mol. The summed E-state index contributed by atoms with van der Waals surface area (Å²) in [6.07, 6.45) is -4.38. The minimum atomic E-state index is -4.38. The van der Waals surface area contributed by atoms with E-state index in [1.54, 1.807) is 30.3 Å². The summed E-state index contributed by atoms with van der Waals surface area (Å²) in [5.41, 5.74) is 2.83. The zero-order chi connectivity index (χ0) is 27.4. The maximum atomic E-state index is 13.2. The van der Waals surface area contributed by atoms with Crippen LogP contribution in [-0.4, -0.2) is 47.2 Å². The van der Waals surface area contributed by atoms with Crippen molar-refractivity contribution in [1.29, 1.82) is 0 Å². The Kier molecular flexibility index (Phi) is 7.74. The molecule has 5 rings (SSSR count). The number of carboxylic acids is 1. The number of aromatic nitrogens is 2. The third-order valence-electron chi connectivity index (χ3n) is 6.47. The van der Waals surface area contributed by atoms with Gasteiger partial charge in [0.05, 0.1) is 16.8 Å². The van der Waals surface area contributed by atoms with E-state index in [0.717, 1.165) is 28.7 Å². The molecule has 0 atom stereocenters. The van der Waals surface area contributed by atoms with Crippen molar-refractivity contribution < 1.29 is 23.1 Å². The van der Waals surface area contributed by atoms with Crippen molar-refractivity contribution in [2.24, 2.45) is 0 Å². The fourth-order valence-corrected chi connectivity index (χ4v) is 5.17. The normalized spacial score (nSPS) is 13.9. The number of thioether (sulfide) groups is 1. The molecule has 2 heterocycles. The Hall–Kier alpha value is -4.05. The number of piperazine rings is 1. The highest BCUT2D eigenvalue weighted by Gasteiger charge is 2.31. The third kappa shape index (κ3) is 6.51. The second-order valence-corrected chi connectivity index (χ2v) is 10.0. The van der Waals surface area contributed by atoms with E-state index in [9.17, 15) is 18.0 Å². The van der Waals surface area contributed by atoms with Gasteiger partial charge in [0, 0.05) is 49.2 Å². The van der Waals surface area contributed by atoms with Crippen LogP contribution in [0.5, 0.6) is 0 Å². The Bertz CT molecular complexity index is 1440. The highest BCUT2D eigenvalue weighted by molar-refractivity contribution is 7.98. The molecule has 1 aromatic heterocycles. The minimum Gasteiger partial charge on any atom is -0.478 e. The Morgan fingerprint density at radius 1 is 0.846 bits per heavy atom. The van der Waals surface area contributed by atoms with Crippen LogP contribution in [0.3, 0.4) is 0 Å². The molecule has 3 aromatic carbocycles. The number of halogens is 3. The number of aromatic carboxylic acids is 1. The van der Waals surface area contributed by atoms with Crippen LogP contribution in [0.4, 0.5) is 24.7 Å². The summed E-state index contributed by atoms with van der Waals surface area (Å²) in [5.74, 6) is 0.364. The molecule has 0 saturated carbocycles. The van der Waals surface area contributed by atoms with Crippen molar-refractivity contribution in [1.82, 2.24) is 9.97 Å².